The van der Waals surface area contributed by atoms with Crippen molar-refractivity contribution >= 4 is 33.5 Å². The Morgan fingerprint density at radius 1 is 1.38 bits per heavy atom. The highest BCUT2D eigenvalue weighted by Gasteiger charge is 2.11. The molecule has 0 unspecified atom stereocenters. The molecule has 0 radical (unpaired) electrons. The first kappa shape index (κ1) is 9.64. The largest absolute Gasteiger partial charge is 0.434 e. The summed E-state index contributed by atoms with van der Waals surface area (Å²) in [6, 6.07) is 5.99. The maximum atomic E-state index is 10.9. The third kappa shape index (κ3) is 1.45. The zero-order valence-corrected chi connectivity index (χ0v) is 10.1. The monoisotopic (exact) mass is 327 g/mol. The Labute approximate surface area is 103 Å². The summed E-state index contributed by atoms with van der Waals surface area (Å²) in [7, 11) is 0. The number of aromatic nitrogens is 3. The number of H-pyrrole nitrogens is 2. The topological polar surface area (TPSA) is 74.7 Å². The van der Waals surface area contributed by atoms with Crippen molar-refractivity contribution in [1.29, 1.82) is 0 Å². The van der Waals surface area contributed by atoms with Gasteiger partial charge in [-0.3, -0.25) is 0 Å². The molecule has 3 rings (SSSR count). The molecule has 0 aliphatic rings. The molecule has 6 heteroatoms. The molecule has 0 fully saturated rings. The number of halogens is 1. The Kier molecular flexibility index (Phi) is 2.10. The van der Waals surface area contributed by atoms with E-state index in [1.165, 1.54) is 0 Å². The molecule has 0 atom stereocenters. The summed E-state index contributed by atoms with van der Waals surface area (Å²) in [5, 5.41) is 7.05. The summed E-state index contributed by atoms with van der Waals surface area (Å²) in [4.78, 5) is 14.0. The molecule has 80 valence electrons. The molecule has 2 aromatic heterocycles. The van der Waals surface area contributed by atoms with Crippen LogP contribution in [0.3, 0.4) is 0 Å². The van der Waals surface area contributed by atoms with Crippen LogP contribution in [-0.2, 0) is 0 Å². The number of aromatic amines is 2. The van der Waals surface area contributed by atoms with E-state index < -0.39 is 5.76 Å². The van der Waals surface area contributed by atoms with E-state index in [2.05, 4.69) is 37.8 Å². The van der Waals surface area contributed by atoms with Crippen LogP contribution >= 0.6 is 22.6 Å². The van der Waals surface area contributed by atoms with Gasteiger partial charge < -0.3 is 9.40 Å². The second-order valence-corrected chi connectivity index (χ2v) is 4.56. The fourth-order valence-corrected chi connectivity index (χ4v) is 2.11. The van der Waals surface area contributed by atoms with Crippen molar-refractivity contribution in [3.05, 3.63) is 38.5 Å². The van der Waals surface area contributed by atoms with Gasteiger partial charge in [-0.05, 0) is 40.8 Å². The predicted octanol–water partition coefficient (Wildman–Crippen LogP) is 2.12. The van der Waals surface area contributed by atoms with Crippen molar-refractivity contribution in [2.75, 3.05) is 0 Å². The Hall–Kier alpha value is -1.57. The van der Waals surface area contributed by atoms with E-state index in [4.69, 9.17) is 4.42 Å². The highest BCUT2D eigenvalue weighted by atomic mass is 127. The zero-order chi connectivity index (χ0) is 11.1. The minimum absolute atomic E-state index is 0.304. The molecular formula is C10H6IN3O2. The highest BCUT2D eigenvalue weighted by molar-refractivity contribution is 14.1. The SMILES string of the molecule is O=c1[nH]nc(-c2c[nH]c3ccc(I)cc23)o1. The molecule has 0 amide bonds. The van der Waals surface area contributed by atoms with Crippen LogP contribution in [0.25, 0.3) is 22.4 Å². The lowest BCUT2D eigenvalue weighted by Gasteiger charge is -1.93. The molecule has 2 N–H and O–H groups in total. The van der Waals surface area contributed by atoms with E-state index in [1.54, 1.807) is 6.20 Å². The van der Waals surface area contributed by atoms with Gasteiger partial charge in [-0.15, -0.1) is 5.10 Å². The van der Waals surface area contributed by atoms with E-state index in [0.29, 0.717) is 5.89 Å². The molecule has 0 aliphatic heterocycles. The van der Waals surface area contributed by atoms with Gasteiger partial charge in [-0.1, -0.05) is 0 Å². The number of nitrogens with zero attached hydrogens (tertiary/aromatic N) is 1. The van der Waals surface area contributed by atoms with E-state index in [0.717, 1.165) is 20.0 Å². The molecule has 5 nitrogen and oxygen atoms in total. The van der Waals surface area contributed by atoms with Gasteiger partial charge in [-0.2, -0.15) is 0 Å². The van der Waals surface area contributed by atoms with Crippen molar-refractivity contribution < 1.29 is 4.42 Å². The van der Waals surface area contributed by atoms with Crippen molar-refractivity contribution in [1.82, 2.24) is 15.2 Å². The summed E-state index contributed by atoms with van der Waals surface area (Å²) in [6.45, 7) is 0. The van der Waals surface area contributed by atoms with Gasteiger partial charge >= 0.3 is 5.76 Å². The number of rotatable bonds is 1. The van der Waals surface area contributed by atoms with Crippen molar-refractivity contribution in [3.8, 4) is 11.5 Å². The smallest absolute Gasteiger partial charge is 0.388 e. The summed E-state index contributed by atoms with van der Waals surface area (Å²) in [6.07, 6.45) is 1.78. The number of hydrogen-bond acceptors (Lipinski definition) is 3. The molecular weight excluding hydrogens is 321 g/mol. The second kappa shape index (κ2) is 3.48. The van der Waals surface area contributed by atoms with Crippen LogP contribution < -0.4 is 5.76 Å². The summed E-state index contributed by atoms with van der Waals surface area (Å²) in [5.41, 5.74) is 1.77. The molecule has 1 aromatic carbocycles. The van der Waals surface area contributed by atoms with Crippen LogP contribution in [0.4, 0.5) is 0 Å². The lowest BCUT2D eigenvalue weighted by Crippen LogP contribution is -1.93. The summed E-state index contributed by atoms with van der Waals surface area (Å²) >= 11 is 2.23. The van der Waals surface area contributed by atoms with Gasteiger partial charge in [0.15, 0.2) is 0 Å². The summed E-state index contributed by atoms with van der Waals surface area (Å²) in [5.74, 6) is -0.242. The number of nitrogens with one attached hydrogen (secondary N) is 2. The van der Waals surface area contributed by atoms with Crippen molar-refractivity contribution in [2.24, 2.45) is 0 Å². The average Bonchev–Trinajstić information content (AvgIpc) is 2.83. The Bertz CT molecular complexity index is 710. The molecule has 3 aromatic rings. The molecule has 0 aliphatic carbocycles. The van der Waals surface area contributed by atoms with Crippen molar-refractivity contribution in [3.63, 3.8) is 0 Å². The van der Waals surface area contributed by atoms with Crippen LogP contribution in [0.1, 0.15) is 0 Å². The lowest BCUT2D eigenvalue weighted by atomic mass is 10.2. The van der Waals surface area contributed by atoms with Gasteiger partial charge in [-0.25, -0.2) is 9.89 Å². The fraction of sp³-hybridized carbons (Fsp3) is 0. The molecule has 0 bridgehead atoms. The molecule has 0 spiro atoms. The first-order valence-electron chi connectivity index (χ1n) is 4.56. The van der Waals surface area contributed by atoms with Crippen LogP contribution in [0.15, 0.2) is 33.6 Å². The highest BCUT2D eigenvalue weighted by Crippen LogP contribution is 2.27. The van der Waals surface area contributed by atoms with Crippen LogP contribution in [-0.4, -0.2) is 15.2 Å². The fourth-order valence-electron chi connectivity index (χ4n) is 1.61. The summed E-state index contributed by atoms with van der Waals surface area (Å²) < 4.78 is 6.05. The average molecular weight is 327 g/mol. The van der Waals surface area contributed by atoms with Gasteiger partial charge in [0.25, 0.3) is 5.89 Å². The Morgan fingerprint density at radius 2 is 2.25 bits per heavy atom. The normalized spacial score (nSPS) is 11.1. The maximum Gasteiger partial charge on any atom is 0.434 e. The molecule has 16 heavy (non-hydrogen) atoms. The Morgan fingerprint density at radius 3 is 3.00 bits per heavy atom. The molecule has 2 heterocycles. The van der Waals surface area contributed by atoms with Crippen LogP contribution in [0, 0.1) is 3.57 Å². The maximum absolute atomic E-state index is 10.9. The van der Waals surface area contributed by atoms with Crippen molar-refractivity contribution in [2.45, 2.75) is 0 Å². The number of benzene rings is 1. The van der Waals surface area contributed by atoms with Gasteiger partial charge in [0.05, 0.1) is 5.56 Å². The molecule has 0 saturated heterocycles. The first-order chi connectivity index (χ1) is 7.74. The number of fused-ring (bicyclic) bond motifs is 1. The van der Waals surface area contributed by atoms with E-state index in [9.17, 15) is 4.79 Å². The van der Waals surface area contributed by atoms with E-state index in [-0.39, 0.29) is 0 Å². The van der Waals surface area contributed by atoms with E-state index in [1.807, 2.05) is 18.2 Å². The van der Waals surface area contributed by atoms with Gasteiger partial charge in [0.1, 0.15) is 0 Å². The van der Waals surface area contributed by atoms with E-state index >= 15 is 0 Å². The lowest BCUT2D eigenvalue weighted by molar-refractivity contribution is 0.527. The third-order valence-electron chi connectivity index (χ3n) is 2.31. The van der Waals surface area contributed by atoms with Crippen LogP contribution in [0.5, 0.6) is 0 Å². The number of hydrogen-bond donors (Lipinski definition) is 2. The minimum Gasteiger partial charge on any atom is -0.388 e. The van der Waals surface area contributed by atoms with Crippen LogP contribution in [0.2, 0.25) is 0 Å². The second-order valence-electron chi connectivity index (χ2n) is 3.31. The molecule has 0 saturated carbocycles. The zero-order valence-electron chi connectivity index (χ0n) is 7.95. The first-order valence-corrected chi connectivity index (χ1v) is 5.64. The third-order valence-corrected chi connectivity index (χ3v) is 2.98. The quantitative estimate of drug-likeness (QED) is 0.672. The standard InChI is InChI=1S/C10H6IN3O2/c11-5-1-2-8-6(3-5)7(4-12-8)9-13-14-10(15)16-9/h1-4,12H,(H,14,15). The Balaban J connectivity index is 2.31. The minimum atomic E-state index is -0.546. The van der Waals surface area contributed by atoms with Gasteiger partial charge in [0, 0.05) is 20.7 Å². The predicted molar refractivity (Wildman–Crippen MR) is 67.1 cm³/mol. The van der Waals surface area contributed by atoms with Gasteiger partial charge in [0.2, 0.25) is 0 Å².